The van der Waals surface area contributed by atoms with Crippen LogP contribution in [-0.2, 0) is 21.1 Å². The number of benzene rings is 8. The van der Waals surface area contributed by atoms with Crippen molar-refractivity contribution in [2.75, 3.05) is 14.7 Å². The zero-order chi connectivity index (χ0) is 41.7. The van der Waals surface area contributed by atoms with Gasteiger partial charge in [-0.2, -0.15) is 0 Å². The molecule has 12 rings (SSSR count). The van der Waals surface area contributed by atoms with Gasteiger partial charge in [0.2, 0.25) is 0 Å². The molecular weight excluding hydrogens is 1030 g/mol. The third kappa shape index (κ3) is 6.97. The number of hydrogen-bond acceptors (Lipinski definition) is 6. The molecule has 9 heteroatoms. The second-order valence-corrected chi connectivity index (χ2v) is 17.4. The summed E-state index contributed by atoms with van der Waals surface area (Å²) < 4.78 is 11.4. The summed E-state index contributed by atoms with van der Waals surface area (Å²) in [6.07, 6.45) is 3.85. The number of nitrogens with zero attached hydrogens (tertiary/aromatic N) is 6. The standard InChI is InChI=1S/C55H35N6OSe.Pt/c1-4-16-38(17-5-1)44-24-15-25-45(39-18-6-2-7-19-39)54(44)61-47-27-11-10-26-46(47)57-55(61)60-50-32-33-56-36-53(50)63-52-31-30-43(35-51(52)60)62-42-23-14-22-41(34-42)59-37-58(40-20-8-3-9-21-40)48-28-12-13-29-49(48)59;/h1-33,36-37H;/q-3;. The summed E-state index contributed by atoms with van der Waals surface area (Å²) in [6, 6.07) is 74.5. The number of fused-ring (bicyclic) bond motifs is 4. The van der Waals surface area contributed by atoms with Gasteiger partial charge in [0, 0.05) is 21.1 Å². The number of aromatic nitrogens is 3. The molecule has 10 aromatic rings. The SMILES string of the molecule is [Pt].[c-]1c(Oc2[c-]c3c(cc2)[Se]c2cnccc2N3c2nc3ccccc3n2-c2c(-c3ccccc3)cccc2-c2ccccc2)cccc1N1[CH-]N(c2ccccc2)c2ccccc21. The van der Waals surface area contributed by atoms with Gasteiger partial charge in [-0.25, -0.2) is 0 Å². The van der Waals surface area contributed by atoms with Crippen LogP contribution in [0.2, 0.25) is 0 Å². The quantitative estimate of drug-likeness (QED) is 0.112. The van der Waals surface area contributed by atoms with Crippen LogP contribution in [0.5, 0.6) is 11.5 Å². The van der Waals surface area contributed by atoms with E-state index in [0.717, 1.165) is 88.0 Å². The fourth-order valence-corrected chi connectivity index (χ4v) is 10.6. The Morgan fingerprint density at radius 2 is 1.17 bits per heavy atom. The molecule has 0 atom stereocenters. The average Bonchev–Trinajstić information content (AvgIpc) is 3.93. The third-order valence-electron chi connectivity index (χ3n) is 11.4. The second-order valence-electron chi connectivity index (χ2n) is 15.2. The van der Waals surface area contributed by atoms with Crippen LogP contribution in [0.3, 0.4) is 0 Å². The molecule has 0 fully saturated rings. The molecule has 8 aromatic carbocycles. The molecule has 0 bridgehead atoms. The van der Waals surface area contributed by atoms with E-state index in [0.29, 0.717) is 11.5 Å². The minimum absolute atomic E-state index is 0. The maximum atomic E-state index is 6.72. The Labute approximate surface area is 392 Å². The molecule has 7 nitrogen and oxygen atoms in total. The fourth-order valence-electron chi connectivity index (χ4n) is 8.56. The summed E-state index contributed by atoms with van der Waals surface area (Å²) in [7, 11) is 0. The van der Waals surface area contributed by atoms with E-state index >= 15 is 0 Å². The van der Waals surface area contributed by atoms with E-state index in [2.05, 4.69) is 213 Å². The van der Waals surface area contributed by atoms with Gasteiger partial charge < -0.3 is 0 Å². The number of imidazole rings is 1. The first-order chi connectivity index (χ1) is 31.2. The Hall–Kier alpha value is -7.21. The Kier molecular flexibility index (Phi) is 10.4. The topological polar surface area (TPSA) is 49.7 Å². The molecule has 2 aromatic heterocycles. The predicted molar refractivity (Wildman–Crippen MR) is 255 cm³/mol. The predicted octanol–water partition coefficient (Wildman–Crippen LogP) is 12.0. The van der Waals surface area contributed by atoms with Crippen LogP contribution in [0.4, 0.5) is 40.1 Å². The molecule has 2 aliphatic heterocycles. The van der Waals surface area contributed by atoms with Crippen molar-refractivity contribution in [2.24, 2.45) is 0 Å². The van der Waals surface area contributed by atoms with Crippen molar-refractivity contribution in [3.63, 3.8) is 0 Å². The van der Waals surface area contributed by atoms with Crippen molar-refractivity contribution >= 4 is 75.0 Å². The molecule has 64 heavy (non-hydrogen) atoms. The number of para-hydroxylation sites is 6. The van der Waals surface area contributed by atoms with Gasteiger partial charge in [-0.15, -0.1) is 0 Å². The normalized spacial score (nSPS) is 12.7. The molecule has 0 amide bonds. The van der Waals surface area contributed by atoms with Crippen LogP contribution in [0.25, 0.3) is 39.0 Å². The van der Waals surface area contributed by atoms with Crippen LogP contribution in [0.1, 0.15) is 0 Å². The molecule has 310 valence electrons. The number of ether oxygens (including phenoxy) is 1. The van der Waals surface area contributed by atoms with E-state index in [-0.39, 0.29) is 36.0 Å². The van der Waals surface area contributed by atoms with Gasteiger partial charge in [0.05, 0.1) is 0 Å². The first-order valence-electron chi connectivity index (χ1n) is 20.7. The molecule has 0 spiro atoms. The third-order valence-corrected chi connectivity index (χ3v) is 13.7. The Morgan fingerprint density at radius 3 is 1.92 bits per heavy atom. The van der Waals surface area contributed by atoms with Gasteiger partial charge in [0.1, 0.15) is 0 Å². The Balaban J connectivity index is 0.00000456. The van der Waals surface area contributed by atoms with Gasteiger partial charge in [-0.05, 0) is 12.1 Å². The van der Waals surface area contributed by atoms with Gasteiger partial charge in [0.15, 0.2) is 0 Å². The van der Waals surface area contributed by atoms with Crippen molar-refractivity contribution in [1.82, 2.24) is 14.5 Å². The van der Waals surface area contributed by atoms with E-state index in [1.165, 1.54) is 0 Å². The summed E-state index contributed by atoms with van der Waals surface area (Å²) in [5.41, 5.74) is 13.3. The van der Waals surface area contributed by atoms with Crippen LogP contribution in [0.15, 0.2) is 207 Å². The second kappa shape index (κ2) is 16.8. The van der Waals surface area contributed by atoms with Crippen LogP contribution in [0, 0.1) is 18.8 Å². The summed E-state index contributed by atoms with van der Waals surface area (Å²) in [5, 5.41) is 0. The summed E-state index contributed by atoms with van der Waals surface area (Å²) in [4.78, 5) is 16.7. The number of anilines is 7. The van der Waals surface area contributed by atoms with Gasteiger partial charge in [0.25, 0.3) is 0 Å². The van der Waals surface area contributed by atoms with E-state index < -0.39 is 0 Å². The molecule has 0 saturated carbocycles. The van der Waals surface area contributed by atoms with Gasteiger partial charge >= 0.3 is 337 Å². The van der Waals surface area contributed by atoms with Crippen molar-refractivity contribution in [2.45, 2.75) is 0 Å². The molecule has 0 radical (unpaired) electrons. The van der Waals surface area contributed by atoms with Crippen LogP contribution in [-0.4, -0.2) is 29.5 Å². The van der Waals surface area contributed by atoms with Gasteiger partial charge in [-0.3, -0.25) is 0 Å². The van der Waals surface area contributed by atoms with Crippen molar-refractivity contribution < 1.29 is 25.8 Å². The van der Waals surface area contributed by atoms with Crippen molar-refractivity contribution in [3.05, 3.63) is 225 Å². The van der Waals surface area contributed by atoms with E-state index in [1.807, 2.05) is 36.7 Å². The average molecular weight is 1070 g/mol. The first kappa shape index (κ1) is 39.6. The molecule has 0 saturated heterocycles. The molecule has 0 N–H and O–H groups in total. The number of hydrogen-bond donors (Lipinski definition) is 0. The Morgan fingerprint density at radius 1 is 0.531 bits per heavy atom. The molecular formula is C55H35N6OPtSe-3. The number of rotatable bonds is 8. The first-order valence-corrected chi connectivity index (χ1v) is 22.4. The van der Waals surface area contributed by atoms with Crippen molar-refractivity contribution in [3.8, 4) is 39.4 Å². The zero-order valence-electron chi connectivity index (χ0n) is 34.0. The molecule has 4 heterocycles. The Bertz CT molecular complexity index is 3250. The van der Waals surface area contributed by atoms with Gasteiger partial charge in [-0.1, -0.05) is 24.3 Å². The van der Waals surface area contributed by atoms with Crippen LogP contribution < -0.4 is 28.4 Å². The fraction of sp³-hybridized carbons (Fsp3) is 0. The maximum absolute atomic E-state index is 6.72. The van der Waals surface area contributed by atoms with Crippen LogP contribution >= 0.6 is 0 Å². The van der Waals surface area contributed by atoms with Crippen molar-refractivity contribution in [1.29, 1.82) is 0 Å². The summed E-state index contributed by atoms with van der Waals surface area (Å²) >= 11 is -0.0475. The molecule has 0 unspecified atom stereocenters. The monoisotopic (exact) mass is 1070 g/mol. The zero-order valence-corrected chi connectivity index (χ0v) is 38.0. The van der Waals surface area contributed by atoms with E-state index in [4.69, 9.17) is 9.72 Å². The molecule has 2 aliphatic rings. The minimum atomic E-state index is -0.0475. The van der Waals surface area contributed by atoms with E-state index in [9.17, 15) is 0 Å². The van der Waals surface area contributed by atoms with E-state index in [1.54, 1.807) is 0 Å². The summed E-state index contributed by atoms with van der Waals surface area (Å²) in [5.74, 6) is 1.91. The molecule has 0 aliphatic carbocycles. The summed E-state index contributed by atoms with van der Waals surface area (Å²) in [6.45, 7) is 2.11. The number of pyridine rings is 1.